The van der Waals surface area contributed by atoms with Gasteiger partial charge in [-0.3, -0.25) is 14.4 Å². The van der Waals surface area contributed by atoms with E-state index in [1.165, 1.54) is 0 Å². The Morgan fingerprint density at radius 2 is 1.70 bits per heavy atom. The molecular formula is C37H41ClN4O4. The van der Waals surface area contributed by atoms with Crippen LogP contribution >= 0.6 is 11.6 Å². The van der Waals surface area contributed by atoms with Gasteiger partial charge in [0.15, 0.2) is 0 Å². The van der Waals surface area contributed by atoms with Gasteiger partial charge in [0.2, 0.25) is 11.8 Å². The molecule has 4 aromatic rings. The zero-order chi connectivity index (χ0) is 32.8. The van der Waals surface area contributed by atoms with Crippen LogP contribution in [-0.4, -0.2) is 63.8 Å². The van der Waals surface area contributed by atoms with Crippen LogP contribution in [0.15, 0.2) is 97.1 Å². The molecule has 240 valence electrons. The Bertz CT molecular complexity index is 1680. The van der Waals surface area contributed by atoms with Crippen molar-refractivity contribution in [2.75, 3.05) is 13.1 Å². The zero-order valence-electron chi connectivity index (χ0n) is 26.2. The highest BCUT2D eigenvalue weighted by atomic mass is 35.5. The van der Waals surface area contributed by atoms with E-state index in [0.717, 1.165) is 21.9 Å². The van der Waals surface area contributed by atoms with Gasteiger partial charge in [-0.2, -0.15) is 0 Å². The van der Waals surface area contributed by atoms with E-state index in [0.29, 0.717) is 23.6 Å². The van der Waals surface area contributed by atoms with Crippen LogP contribution in [0.3, 0.4) is 0 Å². The van der Waals surface area contributed by atoms with Crippen LogP contribution in [-0.2, 0) is 20.8 Å². The molecule has 4 N–H and O–H groups in total. The zero-order valence-corrected chi connectivity index (χ0v) is 26.9. The van der Waals surface area contributed by atoms with E-state index in [-0.39, 0.29) is 43.3 Å². The van der Waals surface area contributed by atoms with Crippen molar-refractivity contribution in [3.8, 4) is 0 Å². The third-order valence-corrected chi connectivity index (χ3v) is 9.16. The highest BCUT2D eigenvalue weighted by Crippen LogP contribution is 2.33. The van der Waals surface area contributed by atoms with Gasteiger partial charge >= 0.3 is 0 Å². The summed E-state index contributed by atoms with van der Waals surface area (Å²) in [6, 6.07) is 27.6. The standard InChI is InChI=1S/C37H41ClN4O4/c1-24-19-21-41(32(36(39)45)23-28-14-8-13-26-10-6-7-17-31(26)28)37(46)34(29-15-9-16-30(38)22-29)42(24)33(43)18-20-40-25(2)35(44)27-11-4-3-5-12-27/h3-17,22,24-25,32,34-35,40,44H,18-21,23H2,1-2H3,(H2,39,45)/t24?,25-,32?,34?,35-/m1/s1. The number of nitrogens with two attached hydrogens (primary N) is 1. The summed E-state index contributed by atoms with van der Waals surface area (Å²) in [6.07, 6.45) is 0.0777. The number of primary amides is 1. The van der Waals surface area contributed by atoms with E-state index >= 15 is 0 Å². The molecule has 1 aliphatic heterocycles. The van der Waals surface area contributed by atoms with Crippen molar-refractivity contribution in [2.45, 2.75) is 63.4 Å². The summed E-state index contributed by atoms with van der Waals surface area (Å²) >= 11 is 6.39. The molecule has 4 aromatic carbocycles. The number of aliphatic hydroxyl groups is 1. The third-order valence-electron chi connectivity index (χ3n) is 8.93. The van der Waals surface area contributed by atoms with Gasteiger partial charge in [0, 0.05) is 43.0 Å². The van der Waals surface area contributed by atoms with Gasteiger partial charge in [-0.1, -0.05) is 96.5 Å². The maximum atomic E-state index is 14.6. The van der Waals surface area contributed by atoms with Gasteiger partial charge in [0.05, 0.1) is 6.10 Å². The first-order valence-corrected chi connectivity index (χ1v) is 16.1. The van der Waals surface area contributed by atoms with Gasteiger partial charge in [-0.15, -0.1) is 0 Å². The monoisotopic (exact) mass is 640 g/mol. The number of halogens is 1. The number of benzene rings is 4. The van der Waals surface area contributed by atoms with Gasteiger partial charge in [0.1, 0.15) is 12.1 Å². The van der Waals surface area contributed by atoms with Crippen LogP contribution < -0.4 is 11.1 Å². The Morgan fingerprint density at radius 1 is 1.00 bits per heavy atom. The predicted molar refractivity (Wildman–Crippen MR) is 181 cm³/mol. The van der Waals surface area contributed by atoms with E-state index in [2.05, 4.69) is 5.32 Å². The number of hydrogen-bond donors (Lipinski definition) is 3. The van der Waals surface area contributed by atoms with Crippen LogP contribution in [0.1, 0.15) is 55.5 Å². The molecule has 0 radical (unpaired) electrons. The minimum Gasteiger partial charge on any atom is -0.387 e. The van der Waals surface area contributed by atoms with Crippen LogP contribution in [0.5, 0.6) is 0 Å². The lowest BCUT2D eigenvalue weighted by Crippen LogP contribution is -2.52. The lowest BCUT2D eigenvalue weighted by Gasteiger charge is -2.36. The molecule has 0 spiro atoms. The molecule has 3 amide bonds. The van der Waals surface area contributed by atoms with Crippen molar-refractivity contribution in [1.29, 1.82) is 0 Å². The van der Waals surface area contributed by atoms with Gasteiger partial charge in [0.25, 0.3) is 5.91 Å². The second kappa shape index (κ2) is 14.9. The number of amides is 3. The summed E-state index contributed by atoms with van der Waals surface area (Å²) in [5, 5.41) is 16.5. The minimum absolute atomic E-state index is 0.107. The predicted octanol–water partition coefficient (Wildman–Crippen LogP) is 5.18. The summed E-state index contributed by atoms with van der Waals surface area (Å²) < 4.78 is 0. The SMILES string of the molecule is CC1CCN(C(Cc2cccc3ccccc23)C(N)=O)C(=O)C(c2cccc(Cl)c2)N1C(=O)CCN[C@H](C)[C@@H](O)c1ccccc1. The highest BCUT2D eigenvalue weighted by molar-refractivity contribution is 6.30. The van der Waals surface area contributed by atoms with E-state index in [1.54, 1.807) is 34.1 Å². The first-order valence-electron chi connectivity index (χ1n) is 15.7. The average molecular weight is 641 g/mol. The Kier molecular flexibility index (Phi) is 10.7. The summed E-state index contributed by atoms with van der Waals surface area (Å²) in [5.41, 5.74) is 8.28. The van der Waals surface area contributed by atoms with Crippen LogP contribution in [0.25, 0.3) is 10.8 Å². The van der Waals surface area contributed by atoms with Crippen LogP contribution in [0.2, 0.25) is 5.02 Å². The summed E-state index contributed by atoms with van der Waals surface area (Å²) in [4.78, 5) is 44.8. The average Bonchev–Trinajstić information content (AvgIpc) is 3.18. The molecule has 1 saturated heterocycles. The molecule has 0 bridgehead atoms. The third kappa shape index (κ3) is 7.41. The van der Waals surface area contributed by atoms with Crippen LogP contribution in [0, 0.1) is 0 Å². The molecule has 1 fully saturated rings. The number of carbonyl (C=O) groups is 3. The minimum atomic E-state index is -0.995. The first-order chi connectivity index (χ1) is 22.2. The summed E-state index contributed by atoms with van der Waals surface area (Å²) in [7, 11) is 0. The fourth-order valence-corrected chi connectivity index (χ4v) is 6.61. The number of nitrogens with zero attached hydrogens (tertiary/aromatic N) is 2. The normalized spacial score (nSPS) is 19.0. The van der Waals surface area contributed by atoms with Gasteiger partial charge < -0.3 is 26.0 Å². The molecular weight excluding hydrogens is 600 g/mol. The fourth-order valence-electron chi connectivity index (χ4n) is 6.41. The molecule has 1 heterocycles. The van der Waals surface area contributed by atoms with Crippen LogP contribution in [0.4, 0.5) is 0 Å². The maximum Gasteiger partial charge on any atom is 0.250 e. The number of nitrogens with one attached hydrogen (secondary N) is 1. The smallest absolute Gasteiger partial charge is 0.250 e. The molecule has 5 atom stereocenters. The van der Waals surface area contributed by atoms with Crippen molar-refractivity contribution in [2.24, 2.45) is 5.73 Å². The second-order valence-corrected chi connectivity index (χ2v) is 12.5. The van der Waals surface area contributed by atoms with E-state index < -0.39 is 24.1 Å². The quantitative estimate of drug-likeness (QED) is 0.209. The lowest BCUT2D eigenvalue weighted by molar-refractivity contribution is -0.148. The van der Waals surface area contributed by atoms with E-state index in [9.17, 15) is 19.5 Å². The number of fused-ring (bicyclic) bond motifs is 1. The van der Waals surface area contributed by atoms with Crippen molar-refractivity contribution < 1.29 is 19.5 Å². The van der Waals surface area contributed by atoms with Gasteiger partial charge in [-0.05, 0) is 59.9 Å². The number of carbonyl (C=O) groups excluding carboxylic acids is 3. The Balaban J connectivity index is 1.40. The fraction of sp³-hybridized carbons (Fsp3) is 0.324. The number of aliphatic hydroxyl groups excluding tert-OH is 1. The summed E-state index contributed by atoms with van der Waals surface area (Å²) in [5.74, 6) is -1.19. The van der Waals surface area contributed by atoms with Crippen molar-refractivity contribution >= 4 is 40.1 Å². The molecule has 0 aromatic heterocycles. The Labute approximate surface area is 275 Å². The topological polar surface area (TPSA) is 116 Å². The molecule has 3 unspecified atom stereocenters. The highest BCUT2D eigenvalue weighted by Gasteiger charge is 2.43. The van der Waals surface area contributed by atoms with E-state index in [1.807, 2.05) is 86.6 Å². The molecule has 9 heteroatoms. The van der Waals surface area contributed by atoms with Crippen molar-refractivity contribution in [3.63, 3.8) is 0 Å². The second-order valence-electron chi connectivity index (χ2n) is 12.0. The Morgan fingerprint density at radius 3 is 2.43 bits per heavy atom. The lowest BCUT2D eigenvalue weighted by atomic mass is 9.96. The molecule has 0 saturated carbocycles. The maximum absolute atomic E-state index is 14.6. The van der Waals surface area contributed by atoms with Crippen molar-refractivity contribution in [1.82, 2.24) is 15.1 Å². The molecule has 1 aliphatic rings. The first kappa shape index (κ1) is 33.1. The largest absolute Gasteiger partial charge is 0.387 e. The number of rotatable bonds is 11. The molecule has 0 aliphatic carbocycles. The molecule has 46 heavy (non-hydrogen) atoms. The van der Waals surface area contributed by atoms with Gasteiger partial charge in [-0.25, -0.2) is 0 Å². The molecule has 8 nitrogen and oxygen atoms in total. The Hall–Kier alpha value is -4.24. The van der Waals surface area contributed by atoms with Crippen molar-refractivity contribution in [3.05, 3.63) is 119 Å². The van der Waals surface area contributed by atoms with E-state index in [4.69, 9.17) is 17.3 Å². The summed E-state index contributed by atoms with van der Waals surface area (Å²) in [6.45, 7) is 4.36. The molecule has 5 rings (SSSR count). The number of hydrogen-bond acceptors (Lipinski definition) is 5.